The molecule has 6 heteroatoms. The Labute approximate surface area is 151 Å². The van der Waals surface area contributed by atoms with E-state index >= 15 is 0 Å². The van der Waals surface area contributed by atoms with Gasteiger partial charge in [0.25, 0.3) is 0 Å². The van der Waals surface area contributed by atoms with Crippen molar-refractivity contribution >= 4 is 28.4 Å². The van der Waals surface area contributed by atoms with Crippen molar-refractivity contribution in [2.75, 3.05) is 19.1 Å². The van der Waals surface area contributed by atoms with Gasteiger partial charge in [-0.05, 0) is 30.7 Å². The Morgan fingerprint density at radius 1 is 1.04 bits per heavy atom. The van der Waals surface area contributed by atoms with Gasteiger partial charge in [0.2, 0.25) is 0 Å². The Bertz CT molecular complexity index is 968. The lowest BCUT2D eigenvalue weighted by Gasteiger charge is -2.25. The second kappa shape index (κ2) is 7.23. The number of rotatable bonds is 3. The van der Waals surface area contributed by atoms with Gasteiger partial charge in [-0.1, -0.05) is 18.2 Å². The average Bonchev–Trinajstić information content (AvgIpc) is 2.89. The molecule has 2 heterocycles. The summed E-state index contributed by atoms with van der Waals surface area (Å²) in [6.07, 6.45) is 10.2. The lowest BCUT2D eigenvalue weighted by Crippen LogP contribution is -2.27. The van der Waals surface area contributed by atoms with Gasteiger partial charge in [-0.25, -0.2) is 9.59 Å². The molecule has 0 saturated heterocycles. The van der Waals surface area contributed by atoms with Crippen LogP contribution in [0.4, 0.5) is 5.69 Å². The summed E-state index contributed by atoms with van der Waals surface area (Å²) in [5.41, 5.74) is 1.90. The van der Waals surface area contributed by atoms with E-state index in [4.69, 9.17) is 9.47 Å². The fraction of sp³-hybridized carbons (Fsp3) is 0.150. The van der Waals surface area contributed by atoms with Crippen molar-refractivity contribution in [2.24, 2.45) is 0 Å². The predicted octanol–water partition coefficient (Wildman–Crippen LogP) is 3.03. The molecule has 1 aromatic heterocycles. The van der Waals surface area contributed by atoms with Crippen LogP contribution < -0.4 is 4.90 Å². The lowest BCUT2D eigenvalue weighted by atomic mass is 10.0. The van der Waals surface area contributed by atoms with Crippen molar-refractivity contribution in [1.29, 1.82) is 0 Å². The quantitative estimate of drug-likeness (QED) is 0.793. The lowest BCUT2D eigenvalue weighted by molar-refractivity contribution is -0.139. The molecule has 0 saturated carbocycles. The molecule has 0 spiro atoms. The van der Waals surface area contributed by atoms with Crippen LogP contribution in [0.15, 0.2) is 66.3 Å². The van der Waals surface area contributed by atoms with Gasteiger partial charge in [0.05, 0.1) is 25.5 Å². The first-order chi connectivity index (χ1) is 12.6. The number of methoxy groups -OCH3 is 2. The molecular weight excluding hydrogens is 332 g/mol. The first-order valence-electron chi connectivity index (χ1n) is 7.96. The molecule has 0 radical (unpaired) electrons. The highest BCUT2D eigenvalue weighted by Crippen LogP contribution is 2.33. The number of hydrogen-bond donors (Lipinski definition) is 0. The third-order valence-corrected chi connectivity index (χ3v) is 4.10. The number of benzene rings is 1. The Morgan fingerprint density at radius 3 is 2.54 bits per heavy atom. The molecule has 0 fully saturated rings. The molecule has 2 aromatic rings. The van der Waals surface area contributed by atoms with Crippen LogP contribution in [-0.2, 0) is 19.1 Å². The molecular formula is C20H18N2O4. The van der Waals surface area contributed by atoms with Crippen molar-refractivity contribution in [3.05, 3.63) is 71.9 Å². The van der Waals surface area contributed by atoms with Gasteiger partial charge in [0.1, 0.15) is 5.70 Å². The molecule has 0 atom stereocenters. The van der Waals surface area contributed by atoms with Crippen LogP contribution in [0.25, 0.3) is 10.8 Å². The van der Waals surface area contributed by atoms with E-state index in [1.165, 1.54) is 20.3 Å². The predicted molar refractivity (Wildman–Crippen MR) is 98.3 cm³/mol. The number of carbonyl (C=O) groups excluding carboxylic acids is 2. The van der Waals surface area contributed by atoms with Gasteiger partial charge in [0.15, 0.2) is 0 Å². The first kappa shape index (κ1) is 17.4. The van der Waals surface area contributed by atoms with E-state index in [0.717, 1.165) is 22.0 Å². The number of fused-ring (bicyclic) bond motifs is 1. The summed E-state index contributed by atoms with van der Waals surface area (Å²) in [6, 6.07) is 5.70. The summed E-state index contributed by atoms with van der Waals surface area (Å²) in [5, 5.41) is 1.86. The van der Waals surface area contributed by atoms with Crippen LogP contribution in [0.3, 0.4) is 0 Å². The number of hydrogen-bond acceptors (Lipinski definition) is 6. The SMILES string of the molecule is COC(=O)C1=C(C(=O)OC)N(c2cccc3cncc(C)c23)C=CC=C1. The zero-order valence-corrected chi connectivity index (χ0v) is 14.7. The highest BCUT2D eigenvalue weighted by Gasteiger charge is 2.28. The maximum absolute atomic E-state index is 12.5. The zero-order chi connectivity index (χ0) is 18.7. The first-order valence-corrected chi connectivity index (χ1v) is 7.96. The number of anilines is 1. The Hall–Kier alpha value is -3.41. The van der Waals surface area contributed by atoms with Crippen molar-refractivity contribution in [2.45, 2.75) is 6.92 Å². The molecule has 0 bridgehead atoms. The summed E-state index contributed by atoms with van der Waals surface area (Å²) in [6.45, 7) is 1.95. The molecule has 6 nitrogen and oxygen atoms in total. The molecule has 26 heavy (non-hydrogen) atoms. The number of allylic oxidation sites excluding steroid dienone is 2. The fourth-order valence-electron chi connectivity index (χ4n) is 2.94. The summed E-state index contributed by atoms with van der Waals surface area (Å²) in [7, 11) is 2.55. The molecule has 3 rings (SSSR count). The summed E-state index contributed by atoms with van der Waals surface area (Å²) in [4.78, 5) is 30.7. The largest absolute Gasteiger partial charge is 0.465 e. The van der Waals surface area contributed by atoms with Crippen LogP contribution in [0.5, 0.6) is 0 Å². The number of aromatic nitrogens is 1. The number of ether oxygens (including phenoxy) is 2. The monoisotopic (exact) mass is 350 g/mol. The van der Waals surface area contributed by atoms with Crippen LogP contribution in [-0.4, -0.2) is 31.1 Å². The van der Waals surface area contributed by atoms with Gasteiger partial charge in [0, 0.05) is 29.4 Å². The van der Waals surface area contributed by atoms with E-state index < -0.39 is 11.9 Å². The van der Waals surface area contributed by atoms with Crippen LogP contribution in [0.1, 0.15) is 5.56 Å². The van der Waals surface area contributed by atoms with E-state index in [2.05, 4.69) is 4.98 Å². The number of carbonyl (C=O) groups is 2. The zero-order valence-electron chi connectivity index (χ0n) is 14.7. The van der Waals surface area contributed by atoms with E-state index in [1.54, 1.807) is 35.6 Å². The number of esters is 2. The van der Waals surface area contributed by atoms with Gasteiger partial charge in [-0.15, -0.1) is 0 Å². The van der Waals surface area contributed by atoms with Gasteiger partial charge in [-0.3, -0.25) is 4.98 Å². The number of nitrogens with zero attached hydrogens (tertiary/aromatic N) is 2. The molecule has 0 N–H and O–H groups in total. The summed E-state index contributed by atoms with van der Waals surface area (Å²) >= 11 is 0. The Morgan fingerprint density at radius 2 is 1.81 bits per heavy atom. The number of pyridine rings is 1. The van der Waals surface area contributed by atoms with Gasteiger partial charge >= 0.3 is 11.9 Å². The molecule has 132 valence electrons. The molecule has 0 unspecified atom stereocenters. The van der Waals surface area contributed by atoms with Crippen molar-refractivity contribution < 1.29 is 19.1 Å². The van der Waals surface area contributed by atoms with E-state index in [0.29, 0.717) is 0 Å². The van der Waals surface area contributed by atoms with Crippen LogP contribution in [0.2, 0.25) is 0 Å². The Kier molecular flexibility index (Phi) is 4.84. The minimum atomic E-state index is -0.634. The molecule has 0 aliphatic carbocycles. The molecule has 1 aliphatic rings. The van der Waals surface area contributed by atoms with Crippen LogP contribution in [0, 0.1) is 6.92 Å². The van der Waals surface area contributed by atoms with E-state index in [-0.39, 0.29) is 11.3 Å². The maximum Gasteiger partial charge on any atom is 0.355 e. The van der Waals surface area contributed by atoms with E-state index in [1.807, 2.05) is 25.1 Å². The summed E-state index contributed by atoms with van der Waals surface area (Å²) < 4.78 is 9.78. The Balaban J connectivity index is 2.32. The van der Waals surface area contributed by atoms with Crippen LogP contribution >= 0.6 is 0 Å². The van der Waals surface area contributed by atoms with Crippen molar-refractivity contribution in [3.63, 3.8) is 0 Å². The second-order valence-electron chi connectivity index (χ2n) is 5.65. The summed E-state index contributed by atoms with van der Waals surface area (Å²) in [5.74, 6) is -1.25. The molecule has 1 aromatic carbocycles. The normalized spacial score (nSPS) is 13.7. The fourth-order valence-corrected chi connectivity index (χ4v) is 2.94. The maximum atomic E-state index is 12.5. The average molecular weight is 350 g/mol. The van der Waals surface area contributed by atoms with E-state index in [9.17, 15) is 9.59 Å². The molecule has 0 amide bonds. The van der Waals surface area contributed by atoms with Crippen molar-refractivity contribution in [3.8, 4) is 0 Å². The topological polar surface area (TPSA) is 68.7 Å². The highest BCUT2D eigenvalue weighted by molar-refractivity contribution is 6.08. The minimum Gasteiger partial charge on any atom is -0.465 e. The van der Waals surface area contributed by atoms with Gasteiger partial charge in [-0.2, -0.15) is 0 Å². The smallest absolute Gasteiger partial charge is 0.355 e. The third kappa shape index (κ3) is 2.97. The molecule has 1 aliphatic heterocycles. The van der Waals surface area contributed by atoms with Crippen molar-refractivity contribution in [1.82, 2.24) is 4.98 Å². The number of aryl methyl sites for hydroxylation is 1. The minimum absolute atomic E-state index is 0.0908. The second-order valence-corrected chi connectivity index (χ2v) is 5.65. The highest BCUT2D eigenvalue weighted by atomic mass is 16.5. The third-order valence-electron chi connectivity index (χ3n) is 4.10. The van der Waals surface area contributed by atoms with Gasteiger partial charge < -0.3 is 14.4 Å². The standard InChI is InChI=1S/C20H18N2O4/c1-13-11-21-12-14-7-6-9-16(17(13)14)22-10-5-4-8-15(19(23)25-2)18(22)20(24)26-3/h4-12H,1-3H3.